The van der Waals surface area contributed by atoms with Gasteiger partial charge in [0, 0.05) is 20.0 Å². The zero-order valence-corrected chi connectivity index (χ0v) is 12.0. The molecule has 110 valence electrons. The van der Waals surface area contributed by atoms with Crippen LogP contribution in [0.5, 0.6) is 0 Å². The summed E-state index contributed by atoms with van der Waals surface area (Å²) in [6.07, 6.45) is 0.954. The van der Waals surface area contributed by atoms with Gasteiger partial charge in [0.25, 0.3) is 0 Å². The lowest BCUT2D eigenvalue weighted by atomic mass is 10.0. The molecule has 0 aliphatic rings. The lowest BCUT2D eigenvalue weighted by Crippen LogP contribution is -2.31. The van der Waals surface area contributed by atoms with Crippen molar-refractivity contribution in [2.45, 2.75) is 19.8 Å². The van der Waals surface area contributed by atoms with E-state index in [1.807, 2.05) is 6.92 Å². The zero-order valence-electron chi connectivity index (χ0n) is 12.0. The first-order valence-electron chi connectivity index (χ1n) is 6.71. The van der Waals surface area contributed by atoms with E-state index in [2.05, 4.69) is 0 Å². The molecule has 0 aromatic heterocycles. The first-order chi connectivity index (χ1) is 9.45. The fourth-order valence-corrected chi connectivity index (χ4v) is 1.90. The number of aromatic carboxylic acids is 1. The van der Waals surface area contributed by atoms with Crippen molar-refractivity contribution in [3.05, 3.63) is 35.4 Å². The second-order valence-corrected chi connectivity index (χ2v) is 5.07. The minimum atomic E-state index is -0.939. The molecule has 0 spiro atoms. The van der Waals surface area contributed by atoms with Crippen LogP contribution in [0.2, 0.25) is 0 Å². The average Bonchev–Trinajstić information content (AvgIpc) is 2.44. The highest BCUT2D eigenvalue weighted by Crippen LogP contribution is 2.11. The molecule has 0 aliphatic heterocycles. The minimum Gasteiger partial charge on any atom is -0.478 e. The van der Waals surface area contributed by atoms with Crippen molar-refractivity contribution < 1.29 is 14.7 Å². The summed E-state index contributed by atoms with van der Waals surface area (Å²) < 4.78 is 0. The third-order valence-electron chi connectivity index (χ3n) is 3.32. The van der Waals surface area contributed by atoms with Gasteiger partial charge in [-0.1, -0.05) is 25.1 Å². The van der Waals surface area contributed by atoms with Gasteiger partial charge in [0.15, 0.2) is 0 Å². The van der Waals surface area contributed by atoms with Gasteiger partial charge in [-0.2, -0.15) is 0 Å². The quantitative estimate of drug-likeness (QED) is 0.789. The second kappa shape index (κ2) is 7.65. The van der Waals surface area contributed by atoms with E-state index >= 15 is 0 Å². The molecule has 20 heavy (non-hydrogen) atoms. The highest BCUT2D eigenvalue weighted by Gasteiger charge is 2.14. The number of nitrogens with two attached hydrogens (primary N) is 1. The molecule has 1 aromatic rings. The van der Waals surface area contributed by atoms with Crippen LogP contribution in [-0.2, 0) is 11.2 Å². The van der Waals surface area contributed by atoms with Crippen molar-refractivity contribution >= 4 is 11.9 Å². The molecule has 0 saturated heterocycles. The van der Waals surface area contributed by atoms with E-state index in [-0.39, 0.29) is 11.8 Å². The second-order valence-electron chi connectivity index (χ2n) is 5.07. The summed E-state index contributed by atoms with van der Waals surface area (Å²) in [4.78, 5) is 24.6. The molecule has 1 rings (SSSR count). The molecule has 0 fully saturated rings. The number of carboxylic acids is 1. The zero-order chi connectivity index (χ0) is 15.1. The highest BCUT2D eigenvalue weighted by atomic mass is 16.4. The number of hydrogen-bond donors (Lipinski definition) is 2. The van der Waals surface area contributed by atoms with E-state index in [9.17, 15) is 9.59 Å². The van der Waals surface area contributed by atoms with Crippen molar-refractivity contribution in [1.29, 1.82) is 0 Å². The summed E-state index contributed by atoms with van der Waals surface area (Å²) >= 11 is 0. The topological polar surface area (TPSA) is 83.6 Å². The number of benzene rings is 1. The van der Waals surface area contributed by atoms with Crippen molar-refractivity contribution in [3.63, 3.8) is 0 Å². The SMILES string of the molecule is CC(CN)CC(=O)N(C)CCc1ccccc1C(=O)O. The molecule has 1 atom stereocenters. The van der Waals surface area contributed by atoms with Gasteiger partial charge in [-0.15, -0.1) is 0 Å². The Bertz CT molecular complexity index is 474. The third-order valence-corrected chi connectivity index (χ3v) is 3.32. The van der Waals surface area contributed by atoms with Gasteiger partial charge in [0.1, 0.15) is 0 Å². The Balaban J connectivity index is 2.59. The fraction of sp³-hybridized carbons (Fsp3) is 0.467. The van der Waals surface area contributed by atoms with Gasteiger partial charge in [-0.3, -0.25) is 4.79 Å². The molecule has 1 aromatic carbocycles. The number of nitrogens with zero attached hydrogens (tertiary/aromatic N) is 1. The van der Waals surface area contributed by atoms with Gasteiger partial charge < -0.3 is 15.7 Å². The molecular formula is C15H22N2O3. The van der Waals surface area contributed by atoms with Gasteiger partial charge in [-0.25, -0.2) is 4.79 Å². The number of carboxylic acid groups (broad SMARTS) is 1. The summed E-state index contributed by atoms with van der Waals surface area (Å²) in [7, 11) is 1.73. The summed E-state index contributed by atoms with van der Waals surface area (Å²) in [6, 6.07) is 6.87. The largest absolute Gasteiger partial charge is 0.478 e. The molecule has 1 amide bonds. The van der Waals surface area contributed by atoms with Crippen LogP contribution >= 0.6 is 0 Å². The van der Waals surface area contributed by atoms with Crippen LogP contribution in [0.1, 0.15) is 29.3 Å². The third kappa shape index (κ3) is 4.66. The fourth-order valence-electron chi connectivity index (χ4n) is 1.90. The van der Waals surface area contributed by atoms with Gasteiger partial charge in [-0.05, 0) is 30.5 Å². The normalized spacial score (nSPS) is 11.9. The maximum Gasteiger partial charge on any atom is 0.335 e. The molecular weight excluding hydrogens is 256 g/mol. The van der Waals surface area contributed by atoms with Crippen LogP contribution < -0.4 is 5.73 Å². The Labute approximate surface area is 119 Å². The van der Waals surface area contributed by atoms with Crippen molar-refractivity contribution in [2.24, 2.45) is 11.7 Å². The van der Waals surface area contributed by atoms with Crippen LogP contribution in [0.3, 0.4) is 0 Å². The number of likely N-dealkylation sites (N-methyl/N-ethyl adjacent to an activating group) is 1. The van der Waals surface area contributed by atoms with Crippen LogP contribution in [0.25, 0.3) is 0 Å². The Morgan fingerprint density at radius 3 is 2.60 bits per heavy atom. The Morgan fingerprint density at radius 1 is 1.35 bits per heavy atom. The highest BCUT2D eigenvalue weighted by molar-refractivity contribution is 5.89. The van der Waals surface area contributed by atoms with E-state index in [1.165, 1.54) is 0 Å². The van der Waals surface area contributed by atoms with Gasteiger partial charge in [0.2, 0.25) is 5.91 Å². The minimum absolute atomic E-state index is 0.0377. The lowest BCUT2D eigenvalue weighted by molar-refractivity contribution is -0.130. The van der Waals surface area contributed by atoms with Crippen LogP contribution in [0.4, 0.5) is 0 Å². The number of carbonyl (C=O) groups is 2. The van der Waals surface area contributed by atoms with Gasteiger partial charge in [0.05, 0.1) is 5.56 Å². The Morgan fingerprint density at radius 2 is 2.00 bits per heavy atom. The first kappa shape index (κ1) is 16.2. The van der Waals surface area contributed by atoms with Crippen molar-refractivity contribution in [2.75, 3.05) is 20.1 Å². The van der Waals surface area contributed by atoms with E-state index in [0.29, 0.717) is 31.5 Å². The van der Waals surface area contributed by atoms with Crippen LogP contribution in [-0.4, -0.2) is 42.0 Å². The predicted molar refractivity (Wildman–Crippen MR) is 77.6 cm³/mol. The predicted octanol–water partition coefficient (Wildman–Crippen LogP) is 1.37. The number of hydrogen-bond acceptors (Lipinski definition) is 3. The van der Waals surface area contributed by atoms with E-state index in [4.69, 9.17) is 10.8 Å². The Hall–Kier alpha value is -1.88. The maximum atomic E-state index is 11.9. The first-order valence-corrected chi connectivity index (χ1v) is 6.71. The van der Waals surface area contributed by atoms with E-state index in [0.717, 1.165) is 5.56 Å². The molecule has 1 unspecified atom stereocenters. The van der Waals surface area contributed by atoms with Crippen molar-refractivity contribution in [1.82, 2.24) is 4.90 Å². The molecule has 5 heteroatoms. The molecule has 0 radical (unpaired) electrons. The summed E-state index contributed by atoms with van der Waals surface area (Å²) in [5, 5.41) is 9.10. The summed E-state index contributed by atoms with van der Waals surface area (Å²) in [5.41, 5.74) is 6.54. The maximum absolute atomic E-state index is 11.9. The molecule has 0 heterocycles. The smallest absolute Gasteiger partial charge is 0.335 e. The van der Waals surface area contributed by atoms with Gasteiger partial charge >= 0.3 is 5.97 Å². The number of rotatable bonds is 7. The van der Waals surface area contributed by atoms with E-state index in [1.54, 1.807) is 36.2 Å². The lowest BCUT2D eigenvalue weighted by Gasteiger charge is -2.19. The Kier molecular flexibility index (Phi) is 6.18. The molecule has 0 bridgehead atoms. The summed E-state index contributed by atoms with van der Waals surface area (Å²) in [6.45, 7) is 2.92. The van der Waals surface area contributed by atoms with Crippen LogP contribution in [0.15, 0.2) is 24.3 Å². The van der Waals surface area contributed by atoms with Crippen molar-refractivity contribution in [3.8, 4) is 0 Å². The molecule has 0 saturated carbocycles. The number of carbonyl (C=O) groups excluding carboxylic acids is 1. The van der Waals surface area contributed by atoms with E-state index < -0.39 is 5.97 Å². The standard InChI is InChI=1S/C15H22N2O3/c1-11(10-16)9-14(18)17(2)8-7-12-5-3-4-6-13(12)15(19)20/h3-6,11H,7-10,16H2,1-2H3,(H,19,20). The number of amides is 1. The average molecular weight is 278 g/mol. The van der Waals surface area contributed by atoms with Crippen LogP contribution in [0, 0.1) is 5.92 Å². The molecule has 5 nitrogen and oxygen atoms in total. The monoisotopic (exact) mass is 278 g/mol. The summed E-state index contributed by atoms with van der Waals surface area (Å²) in [5.74, 6) is -0.738. The molecule has 3 N–H and O–H groups in total. The molecule has 0 aliphatic carbocycles.